The first-order chi connectivity index (χ1) is 15.4. The Balaban J connectivity index is 2.03. The van der Waals surface area contributed by atoms with E-state index in [2.05, 4.69) is 0 Å². The monoisotopic (exact) mass is 448 g/mol. The number of methoxy groups -OCH3 is 1. The summed E-state index contributed by atoms with van der Waals surface area (Å²) >= 11 is 0. The van der Waals surface area contributed by atoms with Crippen molar-refractivity contribution in [2.24, 2.45) is 16.7 Å². The van der Waals surface area contributed by atoms with Crippen molar-refractivity contribution in [2.75, 3.05) is 7.11 Å². The van der Waals surface area contributed by atoms with E-state index >= 15 is 0 Å². The smallest absolute Gasteiger partial charge is 0.163 e. The molecule has 0 spiro atoms. The van der Waals surface area contributed by atoms with E-state index in [1.54, 1.807) is 13.2 Å². The average Bonchev–Trinajstić information content (AvgIpc) is 2.69. The highest BCUT2D eigenvalue weighted by atomic mass is 16.5. The lowest BCUT2D eigenvalue weighted by Gasteiger charge is -2.39. The number of ether oxygens (including phenoxy) is 1. The molecule has 33 heavy (non-hydrogen) atoms. The van der Waals surface area contributed by atoms with E-state index in [1.807, 2.05) is 58.0 Å². The third-order valence-corrected chi connectivity index (χ3v) is 7.00. The molecule has 2 aromatic rings. The molecule has 2 aliphatic carbocycles. The van der Waals surface area contributed by atoms with Crippen molar-refractivity contribution in [3.05, 3.63) is 53.3 Å². The van der Waals surface area contributed by atoms with Gasteiger partial charge in [0, 0.05) is 42.7 Å². The van der Waals surface area contributed by atoms with E-state index in [1.165, 1.54) is 0 Å². The van der Waals surface area contributed by atoms with Gasteiger partial charge in [-0.1, -0.05) is 58.0 Å². The normalized spacial score (nSPS) is 22.0. The summed E-state index contributed by atoms with van der Waals surface area (Å²) < 4.78 is 5.70. The molecule has 2 aromatic carbocycles. The summed E-state index contributed by atoms with van der Waals surface area (Å²) in [7, 11) is 1.54. The molecular weight excluding hydrogens is 416 g/mol. The second-order valence-electron chi connectivity index (χ2n) is 11.1. The highest BCUT2D eigenvalue weighted by Crippen LogP contribution is 2.50. The van der Waals surface area contributed by atoms with Crippen LogP contribution in [-0.4, -0.2) is 29.6 Å². The minimum absolute atomic E-state index is 0.0262. The maximum absolute atomic E-state index is 13.5. The van der Waals surface area contributed by atoms with Crippen molar-refractivity contribution in [1.29, 1.82) is 0 Å². The average molecular weight is 449 g/mol. The first kappa shape index (κ1) is 23.2. The number of ketones is 3. The van der Waals surface area contributed by atoms with Gasteiger partial charge in [-0.2, -0.15) is 0 Å². The van der Waals surface area contributed by atoms with Crippen LogP contribution in [0.1, 0.15) is 64.9 Å². The lowest BCUT2D eigenvalue weighted by atomic mass is 9.62. The predicted molar refractivity (Wildman–Crippen MR) is 127 cm³/mol. The minimum atomic E-state index is -1.03. The van der Waals surface area contributed by atoms with E-state index < -0.39 is 17.3 Å². The lowest BCUT2D eigenvalue weighted by Crippen LogP contribution is -2.43. The highest BCUT2D eigenvalue weighted by molar-refractivity contribution is 6.10. The predicted octanol–water partition coefficient (Wildman–Crippen LogP) is 5.71. The van der Waals surface area contributed by atoms with Crippen LogP contribution in [0.15, 0.2) is 47.7 Å². The summed E-state index contributed by atoms with van der Waals surface area (Å²) in [6.07, 6.45) is 1.07. The summed E-state index contributed by atoms with van der Waals surface area (Å²) in [5, 5.41) is 12.9. The molecule has 5 heteroatoms. The summed E-state index contributed by atoms with van der Waals surface area (Å²) in [6.45, 7) is 7.70. The van der Waals surface area contributed by atoms with Gasteiger partial charge in [-0.3, -0.25) is 14.4 Å². The van der Waals surface area contributed by atoms with Crippen LogP contribution in [0.5, 0.6) is 5.75 Å². The molecule has 4 rings (SSSR count). The van der Waals surface area contributed by atoms with E-state index in [9.17, 15) is 19.5 Å². The molecule has 174 valence electrons. The lowest BCUT2D eigenvalue weighted by molar-refractivity contribution is -0.140. The van der Waals surface area contributed by atoms with Gasteiger partial charge in [0.15, 0.2) is 5.78 Å². The summed E-state index contributed by atoms with van der Waals surface area (Å²) in [4.78, 5) is 40.4. The fourth-order valence-corrected chi connectivity index (χ4v) is 5.68. The van der Waals surface area contributed by atoms with E-state index in [0.717, 1.165) is 10.8 Å². The van der Waals surface area contributed by atoms with Crippen molar-refractivity contribution >= 4 is 28.1 Å². The zero-order chi connectivity index (χ0) is 24.1. The molecule has 1 fully saturated rings. The molecule has 0 saturated heterocycles. The first-order valence-electron chi connectivity index (χ1n) is 11.5. The van der Waals surface area contributed by atoms with Crippen molar-refractivity contribution in [3.8, 4) is 5.75 Å². The Bertz CT molecular complexity index is 1160. The summed E-state index contributed by atoms with van der Waals surface area (Å²) in [5.41, 5.74) is 0.000210. The van der Waals surface area contributed by atoms with Crippen LogP contribution in [0, 0.1) is 16.7 Å². The minimum Gasteiger partial charge on any atom is -0.512 e. The number of fused-ring (bicyclic) bond motifs is 1. The van der Waals surface area contributed by atoms with Crippen LogP contribution in [-0.2, 0) is 14.4 Å². The van der Waals surface area contributed by atoms with Gasteiger partial charge >= 0.3 is 0 Å². The topological polar surface area (TPSA) is 80.7 Å². The fraction of sp³-hybridized carbons (Fsp3) is 0.464. The van der Waals surface area contributed by atoms with E-state index in [-0.39, 0.29) is 53.4 Å². The molecule has 1 unspecified atom stereocenters. The Kier molecular flexibility index (Phi) is 5.71. The molecule has 0 aliphatic heterocycles. The second kappa shape index (κ2) is 8.12. The fourth-order valence-electron chi connectivity index (χ4n) is 5.68. The van der Waals surface area contributed by atoms with E-state index in [0.29, 0.717) is 17.7 Å². The number of aliphatic hydroxyl groups is 1. The van der Waals surface area contributed by atoms with Gasteiger partial charge in [0.05, 0.1) is 13.0 Å². The largest absolute Gasteiger partial charge is 0.512 e. The molecule has 0 aromatic heterocycles. The molecule has 1 saturated carbocycles. The summed E-state index contributed by atoms with van der Waals surface area (Å²) in [5.74, 6) is -2.02. The van der Waals surface area contributed by atoms with Gasteiger partial charge in [-0.05, 0) is 27.7 Å². The van der Waals surface area contributed by atoms with Gasteiger partial charge in [0.2, 0.25) is 0 Å². The molecule has 0 radical (unpaired) electrons. The molecule has 1 N–H and O–H groups in total. The van der Waals surface area contributed by atoms with Crippen molar-refractivity contribution < 1.29 is 24.2 Å². The molecule has 5 nitrogen and oxygen atoms in total. The van der Waals surface area contributed by atoms with Gasteiger partial charge in [-0.15, -0.1) is 0 Å². The van der Waals surface area contributed by atoms with E-state index in [4.69, 9.17) is 4.74 Å². The summed E-state index contributed by atoms with van der Waals surface area (Å²) in [6, 6.07) is 11.4. The molecule has 1 atom stereocenters. The van der Waals surface area contributed by atoms with Gasteiger partial charge in [-0.25, -0.2) is 0 Å². The molecule has 0 heterocycles. The zero-order valence-corrected chi connectivity index (χ0v) is 20.0. The third-order valence-electron chi connectivity index (χ3n) is 7.00. The van der Waals surface area contributed by atoms with Crippen LogP contribution < -0.4 is 4.74 Å². The maximum atomic E-state index is 13.5. The Labute approximate surface area is 194 Å². The molecule has 0 amide bonds. The number of hydrogen-bond acceptors (Lipinski definition) is 5. The van der Waals surface area contributed by atoms with Gasteiger partial charge < -0.3 is 9.84 Å². The second-order valence-corrected chi connectivity index (χ2v) is 11.1. The number of aliphatic hydroxyl groups excluding tert-OH is 1. The van der Waals surface area contributed by atoms with Crippen LogP contribution in [0.4, 0.5) is 0 Å². The molecule has 0 bridgehead atoms. The number of rotatable bonds is 4. The Hall–Kier alpha value is -2.95. The van der Waals surface area contributed by atoms with Crippen LogP contribution in [0.25, 0.3) is 10.8 Å². The molecular formula is C28H32O5. The van der Waals surface area contributed by atoms with Crippen LogP contribution in [0.3, 0.4) is 0 Å². The van der Waals surface area contributed by atoms with Gasteiger partial charge in [0.1, 0.15) is 23.1 Å². The van der Waals surface area contributed by atoms with Crippen molar-refractivity contribution in [3.63, 3.8) is 0 Å². The number of carbonyl (C=O) groups excluding carboxylic acids is 3. The maximum Gasteiger partial charge on any atom is 0.163 e. The van der Waals surface area contributed by atoms with Gasteiger partial charge in [0.25, 0.3) is 0 Å². The zero-order valence-electron chi connectivity index (χ0n) is 20.0. The molecule has 2 aliphatic rings. The number of Topliss-reactive ketones (excluding diaryl/α,β-unsaturated/α-hetero) is 3. The SMILES string of the molecule is COc1ccc2ccccc2c1C(C1=C(O)CC(C)(C)CC1=O)C1C(=O)CC(C)(C)CC1=O. The quantitative estimate of drug-likeness (QED) is 0.606. The number of hydrogen-bond donors (Lipinski definition) is 1. The Morgan fingerprint density at radius 2 is 1.48 bits per heavy atom. The number of benzene rings is 2. The first-order valence-corrected chi connectivity index (χ1v) is 11.5. The third kappa shape index (κ3) is 4.21. The van der Waals surface area contributed by atoms with Crippen molar-refractivity contribution in [2.45, 2.75) is 59.3 Å². The Morgan fingerprint density at radius 3 is 2.09 bits per heavy atom. The van der Waals surface area contributed by atoms with Crippen LogP contribution >= 0.6 is 0 Å². The number of allylic oxidation sites excluding steroid dienone is 2. The standard InChI is InChI=1S/C28H32O5/c1-27(2)12-18(29)24(19(30)13-27)26(25-20(31)14-28(3,4)15-21(25)32)23-17-9-7-6-8-16(17)10-11-22(23)33-5/h6-11,24,26,31H,12-15H2,1-5H3. The number of carbonyl (C=O) groups is 3. The van der Waals surface area contributed by atoms with Crippen LogP contribution in [0.2, 0.25) is 0 Å². The van der Waals surface area contributed by atoms with Crippen molar-refractivity contribution in [1.82, 2.24) is 0 Å². The Morgan fingerprint density at radius 1 is 0.879 bits per heavy atom. The highest BCUT2D eigenvalue weighted by Gasteiger charge is 2.49.